The van der Waals surface area contributed by atoms with Crippen molar-refractivity contribution in [2.45, 2.75) is 39.5 Å². The molecule has 0 aliphatic carbocycles. The van der Waals surface area contributed by atoms with Crippen LogP contribution in [0.2, 0.25) is 0 Å². The van der Waals surface area contributed by atoms with E-state index in [2.05, 4.69) is 13.8 Å². The molecule has 0 heterocycles. The number of hydrogen-bond acceptors (Lipinski definition) is 0. The average Bonchev–Trinajstić information content (AvgIpc) is 1.89. The first-order chi connectivity index (χ1) is 4.41. The Hall–Kier alpha value is 1.60. The summed E-state index contributed by atoms with van der Waals surface area (Å²) in [6.45, 7) is 4.54. The zero-order chi connectivity index (χ0) is 6.95. The molecule has 0 aliphatic rings. The van der Waals surface area contributed by atoms with Crippen LogP contribution in [-0.2, 0) is 37.1 Å². The summed E-state index contributed by atoms with van der Waals surface area (Å²) < 4.78 is 0. The molecule has 0 fully saturated rings. The van der Waals surface area contributed by atoms with Crippen molar-refractivity contribution >= 4 is 8.58 Å². The summed E-state index contributed by atoms with van der Waals surface area (Å²) >= 11 is 0. The third-order valence-electron chi connectivity index (χ3n) is 1.41. The van der Waals surface area contributed by atoms with E-state index in [1.54, 1.807) is 0 Å². The quantitative estimate of drug-likeness (QED) is 0.500. The summed E-state index contributed by atoms with van der Waals surface area (Å²) in [7, 11) is 1.25. The maximum atomic E-state index is 2.27. The molecular weight excluding hydrogens is 229 g/mol. The van der Waals surface area contributed by atoms with E-state index < -0.39 is 0 Å². The zero-order valence-corrected chi connectivity index (χ0v) is 11.4. The van der Waals surface area contributed by atoms with Gasteiger partial charge in [0.25, 0.3) is 0 Å². The molecule has 0 rings (SSSR count). The molecule has 0 unspecified atom stereocenters. The molecule has 0 aliphatic heterocycles. The van der Waals surface area contributed by atoms with Crippen molar-refractivity contribution in [3.8, 4) is 0 Å². The zero-order valence-electron chi connectivity index (χ0n) is 7.64. The van der Waals surface area contributed by atoms with Crippen LogP contribution in [0.15, 0.2) is 0 Å². The first-order valence-corrected chi connectivity index (χ1v) is 5.54. The van der Waals surface area contributed by atoms with Gasteiger partial charge in [0, 0.05) is 37.1 Å². The Labute approximate surface area is 97.2 Å². The SMILES string of the molecule is CCCCPCCCC.[V].[V]. The van der Waals surface area contributed by atoms with Crippen molar-refractivity contribution in [2.75, 3.05) is 12.3 Å². The van der Waals surface area contributed by atoms with E-state index in [0.717, 1.165) is 0 Å². The van der Waals surface area contributed by atoms with Gasteiger partial charge in [-0.15, -0.1) is 8.58 Å². The Bertz CT molecular complexity index is 45.4. The monoisotopic (exact) mass is 248 g/mol. The van der Waals surface area contributed by atoms with Gasteiger partial charge in [-0.25, -0.2) is 0 Å². The summed E-state index contributed by atoms with van der Waals surface area (Å²) in [6, 6.07) is 0. The molecule has 2 radical (unpaired) electrons. The summed E-state index contributed by atoms with van der Waals surface area (Å²) in [4.78, 5) is 0. The molecule has 66 valence electrons. The number of hydrogen-bond donors (Lipinski definition) is 0. The number of rotatable bonds is 6. The fourth-order valence-corrected chi connectivity index (χ4v) is 2.19. The van der Waals surface area contributed by atoms with Gasteiger partial charge in [0.15, 0.2) is 0 Å². The maximum Gasteiger partial charge on any atom is 0 e. The van der Waals surface area contributed by atoms with Crippen molar-refractivity contribution in [1.82, 2.24) is 0 Å². The second-order valence-electron chi connectivity index (χ2n) is 2.46. The van der Waals surface area contributed by atoms with Crippen LogP contribution in [-0.4, -0.2) is 12.3 Å². The molecule has 0 amide bonds. The Morgan fingerprint density at radius 2 is 1.18 bits per heavy atom. The molecule has 0 saturated heterocycles. The standard InChI is InChI=1S/C8H19P.2V/c1-3-5-7-9-8-6-4-2;;/h9H,3-8H2,1-2H3;;. The van der Waals surface area contributed by atoms with Crippen LogP contribution in [0.3, 0.4) is 0 Å². The van der Waals surface area contributed by atoms with E-state index in [9.17, 15) is 0 Å². The number of unbranched alkanes of at least 4 members (excludes halogenated alkanes) is 2. The Balaban J connectivity index is -0.000000320. The van der Waals surface area contributed by atoms with Crippen LogP contribution in [0.4, 0.5) is 0 Å². The van der Waals surface area contributed by atoms with Gasteiger partial charge in [-0.1, -0.05) is 26.7 Å². The Kier molecular flexibility index (Phi) is 29.5. The van der Waals surface area contributed by atoms with Crippen molar-refractivity contribution in [2.24, 2.45) is 0 Å². The first-order valence-electron chi connectivity index (χ1n) is 4.12. The van der Waals surface area contributed by atoms with Crippen LogP contribution in [0.5, 0.6) is 0 Å². The molecule has 0 saturated carbocycles. The molecule has 0 aromatic heterocycles. The van der Waals surface area contributed by atoms with Gasteiger partial charge in [-0.3, -0.25) is 0 Å². The summed E-state index contributed by atoms with van der Waals surface area (Å²) in [5, 5.41) is 0. The Morgan fingerprint density at radius 3 is 1.45 bits per heavy atom. The average molecular weight is 248 g/mol. The first kappa shape index (κ1) is 18.4. The Morgan fingerprint density at radius 1 is 0.818 bits per heavy atom. The third-order valence-corrected chi connectivity index (χ3v) is 2.83. The topological polar surface area (TPSA) is 0 Å². The van der Waals surface area contributed by atoms with Gasteiger partial charge < -0.3 is 0 Å². The van der Waals surface area contributed by atoms with E-state index in [1.807, 2.05) is 0 Å². The van der Waals surface area contributed by atoms with Crippen LogP contribution in [0, 0.1) is 0 Å². The largest absolute Gasteiger partial charge is 0.122 e. The summed E-state index contributed by atoms with van der Waals surface area (Å²) in [5.74, 6) is 0. The fourth-order valence-electron chi connectivity index (χ4n) is 0.729. The van der Waals surface area contributed by atoms with E-state index in [1.165, 1.54) is 46.6 Å². The van der Waals surface area contributed by atoms with Gasteiger partial charge in [0.05, 0.1) is 0 Å². The molecule has 0 atom stereocenters. The van der Waals surface area contributed by atoms with Crippen LogP contribution >= 0.6 is 8.58 Å². The van der Waals surface area contributed by atoms with Gasteiger partial charge in [0.1, 0.15) is 0 Å². The van der Waals surface area contributed by atoms with E-state index in [-0.39, 0.29) is 37.1 Å². The fraction of sp³-hybridized carbons (Fsp3) is 1.00. The van der Waals surface area contributed by atoms with Crippen molar-refractivity contribution in [1.29, 1.82) is 0 Å². The molecule has 0 bridgehead atoms. The van der Waals surface area contributed by atoms with Crippen molar-refractivity contribution in [3.63, 3.8) is 0 Å². The second kappa shape index (κ2) is 17.6. The minimum Gasteiger partial charge on any atom is -0.122 e. The molecule has 11 heavy (non-hydrogen) atoms. The van der Waals surface area contributed by atoms with E-state index in [4.69, 9.17) is 0 Å². The molecule has 0 aromatic carbocycles. The van der Waals surface area contributed by atoms with Gasteiger partial charge in [0.2, 0.25) is 0 Å². The van der Waals surface area contributed by atoms with Crippen molar-refractivity contribution < 1.29 is 37.1 Å². The summed E-state index contributed by atoms with van der Waals surface area (Å²) in [5.41, 5.74) is 0. The molecule has 0 aromatic rings. The third kappa shape index (κ3) is 18.5. The van der Waals surface area contributed by atoms with E-state index >= 15 is 0 Å². The normalized spacial score (nSPS) is 8.18. The summed E-state index contributed by atoms with van der Waals surface area (Å²) in [6.07, 6.45) is 8.61. The minimum atomic E-state index is 0. The van der Waals surface area contributed by atoms with Gasteiger partial charge >= 0.3 is 0 Å². The van der Waals surface area contributed by atoms with Gasteiger partial charge in [-0.05, 0) is 25.2 Å². The second-order valence-corrected chi connectivity index (χ2v) is 3.96. The maximum absolute atomic E-state index is 2.27. The smallest absolute Gasteiger partial charge is 0 e. The molecule has 0 N–H and O–H groups in total. The molecular formula is C8H19PV2. The van der Waals surface area contributed by atoms with Crippen LogP contribution in [0.1, 0.15) is 39.5 Å². The predicted molar refractivity (Wildman–Crippen MR) is 47.9 cm³/mol. The van der Waals surface area contributed by atoms with Crippen LogP contribution in [0.25, 0.3) is 0 Å². The van der Waals surface area contributed by atoms with Crippen LogP contribution < -0.4 is 0 Å². The van der Waals surface area contributed by atoms with Crippen molar-refractivity contribution in [3.05, 3.63) is 0 Å². The van der Waals surface area contributed by atoms with E-state index in [0.29, 0.717) is 0 Å². The minimum absolute atomic E-state index is 0. The molecule has 0 nitrogen and oxygen atoms in total. The predicted octanol–water partition coefficient (Wildman–Crippen LogP) is 3.26. The van der Waals surface area contributed by atoms with Gasteiger partial charge in [-0.2, -0.15) is 0 Å². The molecule has 0 spiro atoms. The molecule has 3 heteroatoms.